The molecular weight excluding hydrogens is 726 g/mol. The molecule has 3 N–H and O–H groups in total. The molecule has 2 aromatic rings. The van der Waals surface area contributed by atoms with Gasteiger partial charge in [-0.05, 0) is 110 Å². The van der Waals surface area contributed by atoms with Crippen LogP contribution in [0.1, 0.15) is 115 Å². The zero-order valence-electron chi connectivity index (χ0n) is 30.3. The molecule has 0 spiro atoms. The number of hydrogen-bond acceptors (Lipinski definition) is 5. The lowest BCUT2D eigenvalue weighted by Crippen LogP contribution is -2.34. The van der Waals surface area contributed by atoms with Gasteiger partial charge < -0.3 is 10.5 Å². The van der Waals surface area contributed by atoms with E-state index in [0.29, 0.717) is 35.3 Å². The lowest BCUT2D eigenvalue weighted by Gasteiger charge is -2.33. The summed E-state index contributed by atoms with van der Waals surface area (Å²) in [4.78, 5) is 29.5. The fourth-order valence-electron chi connectivity index (χ4n) is 9.02. The number of nitrogens with one attached hydrogen (secondary N) is 1. The maximum Gasteiger partial charge on any atom is 0.343 e. The van der Waals surface area contributed by atoms with Crippen molar-refractivity contribution in [1.29, 1.82) is 0 Å². The third-order valence-corrected chi connectivity index (χ3v) is 12.9. The number of halogens is 3. The second kappa shape index (κ2) is 17.8. The normalized spacial score (nSPS) is 25.4. The van der Waals surface area contributed by atoms with E-state index in [0.717, 1.165) is 80.8 Å². The molecule has 282 valence electrons. The molecule has 0 bridgehead atoms. The van der Waals surface area contributed by atoms with E-state index in [9.17, 15) is 18.4 Å². The Morgan fingerprint density at radius 1 is 1.08 bits per heavy atom. The molecule has 7 nitrogen and oxygen atoms in total. The first-order chi connectivity index (χ1) is 25.1. The summed E-state index contributed by atoms with van der Waals surface area (Å²) in [6.45, 7) is 3.77. The number of H-pyrrole nitrogens is 1. The number of carbonyl (C=O) groups excluding carboxylic acids is 1. The monoisotopic (exact) mass is 780 g/mol. The van der Waals surface area contributed by atoms with Crippen molar-refractivity contribution >= 4 is 21.7 Å². The van der Waals surface area contributed by atoms with E-state index in [4.69, 9.17) is 10.5 Å². The number of aromatic amines is 1. The molecule has 0 aliphatic heterocycles. The molecule has 1 unspecified atom stereocenters. The number of ketones is 1. The van der Waals surface area contributed by atoms with Gasteiger partial charge in [0.05, 0.1) is 12.0 Å². The first kappa shape index (κ1) is 38.6. The molecule has 2 saturated carbocycles. The minimum atomic E-state index is -3.17. The summed E-state index contributed by atoms with van der Waals surface area (Å²) in [5.41, 5.74) is 8.84. The number of nitrogens with two attached hydrogens (primary N) is 1. The Balaban J connectivity index is 1.04. The van der Waals surface area contributed by atoms with Crippen LogP contribution in [0.4, 0.5) is 8.78 Å². The molecule has 4 aliphatic carbocycles. The highest BCUT2D eigenvalue weighted by Crippen LogP contribution is 2.42. The van der Waals surface area contributed by atoms with Crippen LogP contribution in [0.2, 0.25) is 0 Å². The molecule has 10 heteroatoms. The van der Waals surface area contributed by atoms with Gasteiger partial charge in [0.15, 0.2) is 11.6 Å². The summed E-state index contributed by atoms with van der Waals surface area (Å²) in [5, 5.41) is 4.62. The number of ether oxygens (including phenoxy) is 1. The van der Waals surface area contributed by atoms with Crippen LogP contribution in [-0.2, 0) is 9.53 Å². The van der Waals surface area contributed by atoms with Gasteiger partial charge in [0, 0.05) is 35.2 Å². The van der Waals surface area contributed by atoms with Crippen molar-refractivity contribution in [1.82, 2.24) is 14.8 Å². The number of benzene rings is 1. The summed E-state index contributed by atoms with van der Waals surface area (Å²) < 4.78 is 38.1. The van der Waals surface area contributed by atoms with Gasteiger partial charge in [-0.1, -0.05) is 86.2 Å². The van der Waals surface area contributed by atoms with Crippen molar-refractivity contribution in [2.45, 2.75) is 127 Å². The molecule has 0 amide bonds. The molecule has 0 saturated heterocycles. The molecule has 6 rings (SSSR count). The van der Waals surface area contributed by atoms with Crippen LogP contribution in [0.15, 0.2) is 81.3 Å². The van der Waals surface area contributed by atoms with Gasteiger partial charge in [-0.15, -0.1) is 5.10 Å². The summed E-state index contributed by atoms with van der Waals surface area (Å²) in [7, 11) is 0. The average Bonchev–Trinajstić information content (AvgIpc) is 3.56. The van der Waals surface area contributed by atoms with Gasteiger partial charge in [-0.2, -0.15) is 0 Å². The van der Waals surface area contributed by atoms with E-state index in [2.05, 4.69) is 38.7 Å². The van der Waals surface area contributed by atoms with Crippen LogP contribution in [-0.4, -0.2) is 39.2 Å². The molecule has 3 atom stereocenters. The fraction of sp³-hybridized carbons (Fsp3) is 0.595. The predicted molar refractivity (Wildman–Crippen MR) is 206 cm³/mol. The first-order valence-corrected chi connectivity index (χ1v) is 20.3. The minimum Gasteiger partial charge on any atom is -0.401 e. The molecule has 1 heterocycles. The summed E-state index contributed by atoms with van der Waals surface area (Å²) in [6, 6.07) is 9.76. The molecule has 1 aromatic carbocycles. The van der Waals surface area contributed by atoms with Crippen molar-refractivity contribution in [2.24, 2.45) is 29.4 Å². The van der Waals surface area contributed by atoms with Crippen molar-refractivity contribution < 1.29 is 18.3 Å². The predicted octanol–water partition coefficient (Wildman–Crippen LogP) is 10.1. The van der Waals surface area contributed by atoms with Gasteiger partial charge in [0.2, 0.25) is 0 Å². The van der Waals surface area contributed by atoms with E-state index >= 15 is 0 Å². The highest BCUT2D eigenvalue weighted by atomic mass is 79.9. The zero-order valence-corrected chi connectivity index (χ0v) is 31.9. The minimum absolute atomic E-state index is 0.0220. The second-order valence-corrected chi connectivity index (χ2v) is 16.5. The molecule has 0 radical (unpaired) electrons. The summed E-state index contributed by atoms with van der Waals surface area (Å²) in [5.74, 6) is -1.73. The highest BCUT2D eigenvalue weighted by Gasteiger charge is 2.41. The van der Waals surface area contributed by atoms with Crippen molar-refractivity contribution in [2.75, 3.05) is 6.61 Å². The number of Topliss-reactive ketones (excluding diaryl/α,β-unsaturated/α-hetero) is 1. The lowest BCUT2D eigenvalue weighted by molar-refractivity contribution is -0.130. The van der Waals surface area contributed by atoms with E-state index < -0.39 is 17.9 Å². The number of rotatable bonds is 15. The average molecular weight is 782 g/mol. The summed E-state index contributed by atoms with van der Waals surface area (Å²) >= 11 is 3.40. The third kappa shape index (κ3) is 9.70. The SMILES string of the molecule is C=CC(F)(F)C1CC(C[C@@H](OCCCC2CCC(n3nc(-c4ccccc4)[nH]c3=O)CC2)C(=O)CC2=CC[C@@H](C3CCCCC3)CC2)=CC(Br)=C1N. The Morgan fingerprint density at radius 3 is 2.52 bits per heavy atom. The topological polar surface area (TPSA) is 103 Å². The molecular formula is C42H55BrF2N4O3. The number of allylic oxidation sites excluding steroid dienone is 6. The molecule has 52 heavy (non-hydrogen) atoms. The number of carbonyl (C=O) groups is 1. The quantitative estimate of drug-likeness (QED) is 0.138. The molecule has 4 aliphatic rings. The fourth-order valence-corrected chi connectivity index (χ4v) is 9.62. The number of alkyl halides is 2. The molecule has 1 aromatic heterocycles. The Hall–Kier alpha value is -3.11. The van der Waals surface area contributed by atoms with Gasteiger partial charge in [-0.25, -0.2) is 18.3 Å². The number of nitrogens with zero attached hydrogens (tertiary/aromatic N) is 2. The van der Waals surface area contributed by atoms with E-state index in [1.54, 1.807) is 10.8 Å². The van der Waals surface area contributed by atoms with Gasteiger partial charge >= 0.3 is 5.69 Å². The van der Waals surface area contributed by atoms with E-state index in [1.807, 2.05) is 30.3 Å². The number of aromatic nitrogens is 3. The maximum absolute atomic E-state index is 14.8. The van der Waals surface area contributed by atoms with Crippen molar-refractivity contribution in [3.05, 3.63) is 86.9 Å². The molecule has 2 fully saturated rings. The van der Waals surface area contributed by atoms with Gasteiger partial charge in [-0.3, -0.25) is 9.78 Å². The highest BCUT2D eigenvalue weighted by molar-refractivity contribution is 9.11. The van der Waals surface area contributed by atoms with Crippen molar-refractivity contribution in [3.63, 3.8) is 0 Å². The van der Waals surface area contributed by atoms with Crippen LogP contribution < -0.4 is 11.4 Å². The second-order valence-electron chi connectivity index (χ2n) is 15.6. The van der Waals surface area contributed by atoms with Crippen LogP contribution in [0.3, 0.4) is 0 Å². The van der Waals surface area contributed by atoms with Crippen LogP contribution in [0, 0.1) is 23.7 Å². The Kier molecular flexibility index (Phi) is 13.2. The zero-order chi connectivity index (χ0) is 36.7. The van der Waals surface area contributed by atoms with E-state index in [1.165, 1.54) is 37.7 Å². The summed E-state index contributed by atoms with van der Waals surface area (Å²) in [6.07, 6.45) is 20.1. The number of hydrogen-bond donors (Lipinski definition) is 2. The van der Waals surface area contributed by atoms with Crippen molar-refractivity contribution in [3.8, 4) is 11.4 Å². The van der Waals surface area contributed by atoms with Crippen LogP contribution in [0.5, 0.6) is 0 Å². The van der Waals surface area contributed by atoms with Gasteiger partial charge in [0.25, 0.3) is 5.92 Å². The van der Waals surface area contributed by atoms with E-state index in [-0.39, 0.29) is 36.1 Å². The largest absolute Gasteiger partial charge is 0.401 e. The lowest BCUT2D eigenvalue weighted by atomic mass is 9.73. The maximum atomic E-state index is 14.8. The van der Waals surface area contributed by atoms with Gasteiger partial charge in [0.1, 0.15) is 6.10 Å². The first-order valence-electron chi connectivity index (χ1n) is 19.5. The standard InChI is InChI=1S/C42H55BrF2N4O3/c1-2-42(44,45)35-24-30(25-36(43)39(35)46)27-38(37(50)26-29-15-19-32(20-16-29)31-11-5-3-6-12-31)52-23-9-10-28-17-21-34(22-18-28)49-41(51)47-40(48-49)33-13-7-4-8-14-33/h2,4,7-8,13-15,25,28,31-32,34-35,38H,1,3,5-6,9-12,16-24,26-27,46H2,(H,47,48,51)/t28?,32-,34?,35?,38-/m1/s1. The van der Waals surface area contributed by atoms with Crippen LogP contribution in [0.25, 0.3) is 11.4 Å². The smallest absolute Gasteiger partial charge is 0.343 e. The Labute approximate surface area is 315 Å². The third-order valence-electron chi connectivity index (χ3n) is 12.2. The Bertz CT molecular complexity index is 1680. The van der Waals surface area contributed by atoms with Crippen LogP contribution >= 0.6 is 15.9 Å². The Morgan fingerprint density at radius 2 is 1.83 bits per heavy atom.